The molecule has 1 fully saturated rings. The van der Waals surface area contributed by atoms with Crippen molar-refractivity contribution in [3.63, 3.8) is 0 Å². The van der Waals surface area contributed by atoms with Crippen molar-refractivity contribution in [1.82, 2.24) is 5.32 Å². The molecule has 4 heteroatoms. The van der Waals surface area contributed by atoms with Gasteiger partial charge in [-0.1, -0.05) is 12.8 Å². The minimum Gasteiger partial charge on any atom is -0.356 e. The van der Waals surface area contributed by atoms with Crippen molar-refractivity contribution in [2.24, 2.45) is 17.4 Å². The Morgan fingerprint density at radius 3 is 2.67 bits per heavy atom. The van der Waals surface area contributed by atoms with E-state index in [4.69, 9.17) is 11.5 Å². The predicted molar refractivity (Wildman–Crippen MR) is 61.2 cm³/mol. The van der Waals surface area contributed by atoms with E-state index >= 15 is 0 Å². The van der Waals surface area contributed by atoms with E-state index in [0.29, 0.717) is 6.54 Å². The van der Waals surface area contributed by atoms with Gasteiger partial charge in [-0.3, -0.25) is 4.79 Å². The molecule has 2 unspecified atom stereocenters. The maximum absolute atomic E-state index is 11.7. The number of unbranched alkanes of at least 4 members (excludes halogenated alkanes) is 1. The Kier molecular flexibility index (Phi) is 5.65. The minimum absolute atomic E-state index is 0.0385. The van der Waals surface area contributed by atoms with Crippen molar-refractivity contribution in [2.45, 2.75) is 44.6 Å². The fourth-order valence-electron chi connectivity index (χ4n) is 2.10. The van der Waals surface area contributed by atoms with Crippen LogP contribution in [0.15, 0.2) is 0 Å². The molecule has 0 aromatic carbocycles. The third-order valence-electron chi connectivity index (χ3n) is 3.09. The summed E-state index contributed by atoms with van der Waals surface area (Å²) in [6, 6.07) is 0.0632. The van der Waals surface area contributed by atoms with Gasteiger partial charge in [0.25, 0.3) is 0 Å². The lowest BCUT2D eigenvalue weighted by atomic mass is 9.84. The first-order valence-corrected chi connectivity index (χ1v) is 5.99. The molecule has 0 radical (unpaired) electrons. The average Bonchev–Trinajstić information content (AvgIpc) is 2.25. The second kappa shape index (κ2) is 6.80. The summed E-state index contributed by atoms with van der Waals surface area (Å²) >= 11 is 0. The van der Waals surface area contributed by atoms with E-state index in [1.54, 1.807) is 0 Å². The summed E-state index contributed by atoms with van der Waals surface area (Å²) in [6.45, 7) is 1.43. The third-order valence-corrected chi connectivity index (χ3v) is 3.09. The van der Waals surface area contributed by atoms with Gasteiger partial charge in [0.05, 0.1) is 5.92 Å². The predicted octanol–water partition coefficient (Wildman–Crippen LogP) is 0.359. The van der Waals surface area contributed by atoms with E-state index in [1.807, 2.05) is 0 Å². The highest BCUT2D eigenvalue weighted by molar-refractivity contribution is 5.79. The molecule has 1 aliphatic rings. The molecule has 0 bridgehead atoms. The number of nitrogens with two attached hydrogens (primary N) is 2. The Labute approximate surface area is 91.8 Å². The van der Waals surface area contributed by atoms with Gasteiger partial charge < -0.3 is 16.8 Å². The molecule has 1 saturated carbocycles. The number of carbonyl (C=O) groups excluding carboxylic acids is 1. The van der Waals surface area contributed by atoms with E-state index < -0.39 is 0 Å². The molecule has 15 heavy (non-hydrogen) atoms. The standard InChI is InChI=1S/C11H23N3O/c12-7-3-4-8-14-11(15)9-5-1-2-6-10(9)13/h9-10H,1-8,12-13H2,(H,14,15). The minimum atomic E-state index is 0.0385. The number of hydrogen-bond donors (Lipinski definition) is 3. The van der Waals surface area contributed by atoms with E-state index in [9.17, 15) is 4.79 Å². The first-order chi connectivity index (χ1) is 7.25. The Morgan fingerprint density at radius 1 is 1.27 bits per heavy atom. The molecule has 1 aliphatic carbocycles. The molecule has 0 saturated heterocycles. The Bertz CT molecular complexity index is 196. The van der Waals surface area contributed by atoms with E-state index in [0.717, 1.165) is 45.1 Å². The summed E-state index contributed by atoms with van der Waals surface area (Å²) in [6.07, 6.45) is 6.17. The zero-order valence-electron chi connectivity index (χ0n) is 9.37. The van der Waals surface area contributed by atoms with Crippen molar-refractivity contribution in [1.29, 1.82) is 0 Å². The molecule has 88 valence electrons. The van der Waals surface area contributed by atoms with E-state index in [-0.39, 0.29) is 17.9 Å². The molecule has 2 atom stereocenters. The van der Waals surface area contributed by atoms with Crippen LogP contribution >= 0.6 is 0 Å². The van der Waals surface area contributed by atoms with Crippen LogP contribution < -0.4 is 16.8 Å². The Hall–Kier alpha value is -0.610. The van der Waals surface area contributed by atoms with Gasteiger partial charge in [-0.05, 0) is 32.2 Å². The fraction of sp³-hybridized carbons (Fsp3) is 0.909. The van der Waals surface area contributed by atoms with Crippen molar-refractivity contribution in [3.8, 4) is 0 Å². The maximum Gasteiger partial charge on any atom is 0.224 e. The SMILES string of the molecule is NCCCCNC(=O)C1CCCCC1N. The van der Waals surface area contributed by atoms with E-state index in [1.165, 1.54) is 0 Å². The molecular formula is C11H23N3O. The van der Waals surface area contributed by atoms with Gasteiger partial charge in [0.2, 0.25) is 5.91 Å². The van der Waals surface area contributed by atoms with Crippen molar-refractivity contribution in [3.05, 3.63) is 0 Å². The van der Waals surface area contributed by atoms with Gasteiger partial charge in [-0.15, -0.1) is 0 Å². The monoisotopic (exact) mass is 213 g/mol. The lowest BCUT2D eigenvalue weighted by Gasteiger charge is -2.27. The molecule has 5 N–H and O–H groups in total. The van der Waals surface area contributed by atoms with Crippen LogP contribution in [0.2, 0.25) is 0 Å². The first kappa shape index (κ1) is 12.5. The van der Waals surface area contributed by atoms with Crippen molar-refractivity contribution in [2.75, 3.05) is 13.1 Å². The number of hydrogen-bond acceptors (Lipinski definition) is 3. The van der Waals surface area contributed by atoms with E-state index in [2.05, 4.69) is 5.32 Å². The number of carbonyl (C=O) groups is 1. The average molecular weight is 213 g/mol. The molecule has 1 rings (SSSR count). The number of rotatable bonds is 5. The highest BCUT2D eigenvalue weighted by atomic mass is 16.1. The van der Waals surface area contributed by atoms with Crippen LogP contribution in [0.5, 0.6) is 0 Å². The molecule has 0 heterocycles. The third kappa shape index (κ3) is 4.18. The van der Waals surface area contributed by atoms with Gasteiger partial charge in [-0.2, -0.15) is 0 Å². The Balaban J connectivity index is 2.20. The van der Waals surface area contributed by atoms with Gasteiger partial charge in [-0.25, -0.2) is 0 Å². The maximum atomic E-state index is 11.7. The summed E-state index contributed by atoms with van der Waals surface area (Å²) in [5.41, 5.74) is 11.3. The van der Waals surface area contributed by atoms with Crippen molar-refractivity contribution >= 4 is 5.91 Å². The highest BCUT2D eigenvalue weighted by Crippen LogP contribution is 2.22. The molecule has 0 aromatic heterocycles. The van der Waals surface area contributed by atoms with Gasteiger partial charge >= 0.3 is 0 Å². The quantitative estimate of drug-likeness (QED) is 0.577. The van der Waals surface area contributed by atoms with Gasteiger partial charge in [0, 0.05) is 12.6 Å². The topological polar surface area (TPSA) is 81.1 Å². The Morgan fingerprint density at radius 2 is 2.00 bits per heavy atom. The molecule has 4 nitrogen and oxygen atoms in total. The molecule has 0 aromatic rings. The second-order valence-corrected chi connectivity index (χ2v) is 4.34. The lowest BCUT2D eigenvalue weighted by Crippen LogP contribution is -2.43. The van der Waals surface area contributed by atoms with Gasteiger partial charge in [0.1, 0.15) is 0 Å². The summed E-state index contributed by atoms with van der Waals surface area (Å²) < 4.78 is 0. The summed E-state index contributed by atoms with van der Waals surface area (Å²) in [5.74, 6) is 0.177. The molecular weight excluding hydrogens is 190 g/mol. The smallest absolute Gasteiger partial charge is 0.224 e. The van der Waals surface area contributed by atoms with Gasteiger partial charge in [0.15, 0.2) is 0 Å². The zero-order valence-corrected chi connectivity index (χ0v) is 9.37. The van der Waals surface area contributed by atoms with Crippen LogP contribution in [0, 0.1) is 5.92 Å². The van der Waals surface area contributed by atoms with Crippen LogP contribution in [0.4, 0.5) is 0 Å². The number of nitrogens with one attached hydrogen (secondary N) is 1. The fourth-order valence-corrected chi connectivity index (χ4v) is 2.10. The largest absolute Gasteiger partial charge is 0.356 e. The van der Waals surface area contributed by atoms with Crippen LogP contribution in [-0.2, 0) is 4.79 Å². The molecule has 1 amide bonds. The van der Waals surface area contributed by atoms with Crippen LogP contribution in [0.1, 0.15) is 38.5 Å². The lowest BCUT2D eigenvalue weighted by molar-refractivity contribution is -0.126. The zero-order chi connectivity index (χ0) is 11.1. The van der Waals surface area contributed by atoms with Crippen molar-refractivity contribution < 1.29 is 4.79 Å². The normalized spacial score (nSPS) is 26.3. The summed E-state index contributed by atoms with van der Waals surface area (Å²) in [5, 5.41) is 2.94. The molecule has 0 aliphatic heterocycles. The number of amides is 1. The highest BCUT2D eigenvalue weighted by Gasteiger charge is 2.27. The summed E-state index contributed by atoms with van der Waals surface area (Å²) in [4.78, 5) is 11.7. The van der Waals surface area contributed by atoms with Crippen LogP contribution in [0.3, 0.4) is 0 Å². The van der Waals surface area contributed by atoms with Crippen LogP contribution in [-0.4, -0.2) is 25.0 Å². The summed E-state index contributed by atoms with van der Waals surface area (Å²) in [7, 11) is 0. The molecule has 0 spiro atoms. The first-order valence-electron chi connectivity index (χ1n) is 5.99. The van der Waals surface area contributed by atoms with Crippen LogP contribution in [0.25, 0.3) is 0 Å². The second-order valence-electron chi connectivity index (χ2n) is 4.34.